The Morgan fingerprint density at radius 2 is 1.73 bits per heavy atom. The molecule has 0 bridgehead atoms. The standard InChI is InChI=1S/C17H23ClO4/c1-3-6-14(7-4-2)21-16(19)10-11-17(20)22-15-9-5-8-13(18)12-15/h5,8-9,12,14H,3-4,6-7,10-11H2,1-2H3. The van der Waals surface area contributed by atoms with Crippen LogP contribution in [0.25, 0.3) is 0 Å². The van der Waals surface area contributed by atoms with Crippen molar-refractivity contribution in [1.82, 2.24) is 0 Å². The molecule has 0 saturated carbocycles. The van der Waals surface area contributed by atoms with Crippen LogP contribution in [-0.2, 0) is 14.3 Å². The number of ether oxygens (including phenoxy) is 2. The fourth-order valence-electron chi connectivity index (χ4n) is 2.07. The van der Waals surface area contributed by atoms with Crippen LogP contribution in [0.5, 0.6) is 5.75 Å². The Morgan fingerprint density at radius 3 is 2.32 bits per heavy atom. The zero-order chi connectivity index (χ0) is 16.4. The Morgan fingerprint density at radius 1 is 1.09 bits per heavy atom. The second kappa shape index (κ2) is 10.2. The second-order valence-corrected chi connectivity index (χ2v) is 5.56. The number of halogens is 1. The van der Waals surface area contributed by atoms with E-state index in [2.05, 4.69) is 13.8 Å². The lowest BCUT2D eigenvalue weighted by Crippen LogP contribution is -2.19. The Bertz CT molecular complexity index is 481. The maximum absolute atomic E-state index is 11.8. The van der Waals surface area contributed by atoms with Gasteiger partial charge < -0.3 is 9.47 Å². The lowest BCUT2D eigenvalue weighted by molar-refractivity contribution is -0.152. The minimum absolute atomic E-state index is 0.00365. The summed E-state index contributed by atoms with van der Waals surface area (Å²) in [7, 11) is 0. The Hall–Kier alpha value is -1.55. The number of hydrogen-bond donors (Lipinski definition) is 0. The van der Waals surface area contributed by atoms with Gasteiger partial charge in [-0.2, -0.15) is 0 Å². The van der Waals surface area contributed by atoms with Gasteiger partial charge in [0.2, 0.25) is 0 Å². The van der Waals surface area contributed by atoms with Gasteiger partial charge in [-0.05, 0) is 31.0 Å². The van der Waals surface area contributed by atoms with Gasteiger partial charge in [0.05, 0.1) is 12.8 Å². The summed E-state index contributed by atoms with van der Waals surface area (Å²) >= 11 is 5.81. The van der Waals surface area contributed by atoms with Crippen molar-refractivity contribution in [3.63, 3.8) is 0 Å². The molecule has 0 heterocycles. The van der Waals surface area contributed by atoms with Crippen molar-refractivity contribution in [2.24, 2.45) is 0 Å². The number of carbonyl (C=O) groups excluding carboxylic acids is 2. The highest BCUT2D eigenvalue weighted by atomic mass is 35.5. The summed E-state index contributed by atoms with van der Waals surface area (Å²) in [6, 6.07) is 6.58. The van der Waals surface area contributed by atoms with Crippen LogP contribution in [0.3, 0.4) is 0 Å². The van der Waals surface area contributed by atoms with Gasteiger partial charge >= 0.3 is 11.9 Å². The van der Waals surface area contributed by atoms with Gasteiger partial charge in [0, 0.05) is 5.02 Å². The van der Waals surface area contributed by atoms with Crippen molar-refractivity contribution in [2.75, 3.05) is 0 Å². The van der Waals surface area contributed by atoms with Crippen molar-refractivity contribution in [3.05, 3.63) is 29.3 Å². The molecule has 122 valence electrons. The third-order valence-corrected chi connectivity index (χ3v) is 3.32. The molecule has 0 unspecified atom stereocenters. The normalized spacial score (nSPS) is 10.5. The Kier molecular flexibility index (Phi) is 8.60. The molecular weight excluding hydrogens is 304 g/mol. The van der Waals surface area contributed by atoms with E-state index in [1.807, 2.05) is 0 Å². The van der Waals surface area contributed by atoms with Gasteiger partial charge in [-0.3, -0.25) is 9.59 Å². The molecule has 0 aromatic heterocycles. The van der Waals surface area contributed by atoms with E-state index in [0.717, 1.165) is 25.7 Å². The largest absolute Gasteiger partial charge is 0.462 e. The minimum Gasteiger partial charge on any atom is -0.462 e. The maximum atomic E-state index is 11.8. The van der Waals surface area contributed by atoms with Crippen molar-refractivity contribution >= 4 is 23.5 Å². The highest BCUT2D eigenvalue weighted by Gasteiger charge is 2.15. The first-order valence-electron chi connectivity index (χ1n) is 7.70. The molecule has 22 heavy (non-hydrogen) atoms. The van der Waals surface area contributed by atoms with Crippen molar-refractivity contribution in [3.8, 4) is 5.75 Å². The molecule has 0 aliphatic rings. The van der Waals surface area contributed by atoms with E-state index in [1.54, 1.807) is 24.3 Å². The lowest BCUT2D eigenvalue weighted by Gasteiger charge is -2.16. The van der Waals surface area contributed by atoms with Crippen LogP contribution in [0.1, 0.15) is 52.4 Å². The van der Waals surface area contributed by atoms with Gasteiger partial charge in [0.1, 0.15) is 11.9 Å². The van der Waals surface area contributed by atoms with E-state index < -0.39 is 5.97 Å². The molecular formula is C17H23ClO4. The molecule has 0 saturated heterocycles. The molecule has 0 amide bonds. The molecule has 0 radical (unpaired) electrons. The SMILES string of the molecule is CCCC(CCC)OC(=O)CCC(=O)Oc1cccc(Cl)c1. The molecule has 0 N–H and O–H groups in total. The highest BCUT2D eigenvalue weighted by Crippen LogP contribution is 2.18. The van der Waals surface area contributed by atoms with E-state index in [4.69, 9.17) is 21.1 Å². The van der Waals surface area contributed by atoms with Crippen molar-refractivity contribution in [1.29, 1.82) is 0 Å². The van der Waals surface area contributed by atoms with Crippen molar-refractivity contribution < 1.29 is 19.1 Å². The maximum Gasteiger partial charge on any atom is 0.311 e. The zero-order valence-electron chi connectivity index (χ0n) is 13.1. The van der Waals surface area contributed by atoms with E-state index >= 15 is 0 Å². The number of hydrogen-bond acceptors (Lipinski definition) is 4. The van der Waals surface area contributed by atoms with Crippen LogP contribution < -0.4 is 4.74 Å². The van der Waals surface area contributed by atoms with Gasteiger partial charge in [0.15, 0.2) is 0 Å². The third-order valence-electron chi connectivity index (χ3n) is 3.08. The summed E-state index contributed by atoms with van der Waals surface area (Å²) < 4.78 is 10.5. The molecule has 0 atom stereocenters. The van der Waals surface area contributed by atoms with Crippen LogP contribution in [-0.4, -0.2) is 18.0 Å². The summed E-state index contributed by atoms with van der Waals surface area (Å²) in [5.74, 6) is -0.447. The number of carbonyl (C=O) groups is 2. The first-order chi connectivity index (χ1) is 10.5. The van der Waals surface area contributed by atoms with Crippen molar-refractivity contribution in [2.45, 2.75) is 58.5 Å². The van der Waals surface area contributed by atoms with E-state index in [-0.39, 0.29) is 24.9 Å². The fourth-order valence-corrected chi connectivity index (χ4v) is 2.25. The monoisotopic (exact) mass is 326 g/mol. The summed E-state index contributed by atoms with van der Waals surface area (Å²) in [5.41, 5.74) is 0. The lowest BCUT2D eigenvalue weighted by atomic mass is 10.1. The molecule has 0 aliphatic carbocycles. The van der Waals surface area contributed by atoms with E-state index in [0.29, 0.717) is 10.8 Å². The summed E-state index contributed by atoms with van der Waals surface area (Å²) in [4.78, 5) is 23.5. The number of esters is 2. The van der Waals surface area contributed by atoms with Gasteiger partial charge in [-0.1, -0.05) is 44.4 Å². The topological polar surface area (TPSA) is 52.6 Å². The molecule has 0 spiro atoms. The molecule has 1 aromatic rings. The van der Waals surface area contributed by atoms with Gasteiger partial charge in [-0.15, -0.1) is 0 Å². The van der Waals surface area contributed by atoms with Crippen LogP contribution in [0.15, 0.2) is 24.3 Å². The average molecular weight is 327 g/mol. The Labute approximate surface area is 136 Å². The van der Waals surface area contributed by atoms with Crippen LogP contribution >= 0.6 is 11.6 Å². The quantitative estimate of drug-likeness (QED) is 0.494. The van der Waals surface area contributed by atoms with Crippen LogP contribution in [0.2, 0.25) is 5.02 Å². The van der Waals surface area contributed by atoms with Gasteiger partial charge in [-0.25, -0.2) is 0 Å². The minimum atomic E-state index is -0.471. The first kappa shape index (κ1) is 18.5. The summed E-state index contributed by atoms with van der Waals surface area (Å²) in [6.45, 7) is 4.11. The van der Waals surface area contributed by atoms with E-state index in [1.165, 1.54) is 0 Å². The summed E-state index contributed by atoms with van der Waals surface area (Å²) in [6.07, 6.45) is 3.62. The predicted octanol–water partition coefficient (Wildman–Crippen LogP) is 4.54. The average Bonchev–Trinajstić information content (AvgIpc) is 2.46. The van der Waals surface area contributed by atoms with Crippen LogP contribution in [0.4, 0.5) is 0 Å². The molecule has 5 heteroatoms. The second-order valence-electron chi connectivity index (χ2n) is 5.12. The van der Waals surface area contributed by atoms with E-state index in [9.17, 15) is 9.59 Å². The molecule has 1 rings (SSSR count). The third kappa shape index (κ3) is 7.46. The Balaban J connectivity index is 2.35. The van der Waals surface area contributed by atoms with Crippen LogP contribution in [0, 0.1) is 0 Å². The zero-order valence-corrected chi connectivity index (χ0v) is 13.9. The predicted molar refractivity (Wildman–Crippen MR) is 86.0 cm³/mol. The number of rotatable bonds is 9. The number of benzene rings is 1. The first-order valence-corrected chi connectivity index (χ1v) is 8.08. The highest BCUT2D eigenvalue weighted by molar-refractivity contribution is 6.30. The molecule has 4 nitrogen and oxygen atoms in total. The smallest absolute Gasteiger partial charge is 0.311 e. The van der Waals surface area contributed by atoms with Gasteiger partial charge in [0.25, 0.3) is 0 Å². The molecule has 0 aliphatic heterocycles. The summed E-state index contributed by atoms with van der Waals surface area (Å²) in [5, 5.41) is 0.492. The molecule has 1 aromatic carbocycles. The molecule has 0 fully saturated rings. The fraction of sp³-hybridized carbons (Fsp3) is 0.529.